The lowest BCUT2D eigenvalue weighted by Gasteiger charge is -2.12. The molecule has 0 aliphatic rings. The molecule has 0 fully saturated rings. The maximum atomic E-state index is 14.0. The number of para-hydroxylation sites is 1. The van der Waals surface area contributed by atoms with E-state index in [1.807, 2.05) is 18.2 Å². The van der Waals surface area contributed by atoms with Crippen LogP contribution in [0.5, 0.6) is 5.75 Å². The summed E-state index contributed by atoms with van der Waals surface area (Å²) in [6.07, 6.45) is 1.17. The van der Waals surface area contributed by atoms with Gasteiger partial charge in [-0.3, -0.25) is 9.36 Å². The van der Waals surface area contributed by atoms with E-state index in [1.54, 1.807) is 12.1 Å². The first-order valence-corrected chi connectivity index (χ1v) is 7.04. The van der Waals surface area contributed by atoms with Crippen molar-refractivity contribution >= 4 is 11.6 Å². The second-order valence-corrected chi connectivity index (χ2v) is 5.13. The van der Waals surface area contributed by atoms with Crippen LogP contribution in [0.4, 0.5) is 20.4 Å². The van der Waals surface area contributed by atoms with Crippen molar-refractivity contribution in [3.8, 4) is 16.9 Å². The number of aromatic hydroxyl groups is 1. The summed E-state index contributed by atoms with van der Waals surface area (Å²) in [6.45, 7) is 0. The number of phenols is 1. The molecule has 0 saturated carbocycles. The SMILES string of the molecule is Cn1c(Nc2ccccc2)ncc(-c2cc(F)c(O)cc2F)c1=O. The summed E-state index contributed by atoms with van der Waals surface area (Å²) >= 11 is 0. The van der Waals surface area contributed by atoms with Gasteiger partial charge in [0.2, 0.25) is 5.95 Å². The molecule has 5 nitrogen and oxygen atoms in total. The minimum absolute atomic E-state index is 0.104. The van der Waals surface area contributed by atoms with Crippen LogP contribution in [-0.4, -0.2) is 14.7 Å². The van der Waals surface area contributed by atoms with Gasteiger partial charge in [-0.25, -0.2) is 13.8 Å². The molecule has 2 aromatic carbocycles. The molecule has 7 heteroatoms. The van der Waals surface area contributed by atoms with Crippen LogP contribution in [0.3, 0.4) is 0 Å². The van der Waals surface area contributed by atoms with Crippen molar-refractivity contribution < 1.29 is 13.9 Å². The van der Waals surface area contributed by atoms with Crippen LogP contribution >= 0.6 is 0 Å². The predicted molar refractivity (Wildman–Crippen MR) is 86.2 cm³/mol. The first kappa shape index (κ1) is 15.7. The van der Waals surface area contributed by atoms with E-state index in [1.165, 1.54) is 17.8 Å². The minimum atomic E-state index is -1.01. The Morgan fingerprint density at radius 3 is 2.50 bits per heavy atom. The molecule has 0 aliphatic carbocycles. The van der Waals surface area contributed by atoms with Crippen molar-refractivity contribution in [3.63, 3.8) is 0 Å². The number of hydrogen-bond acceptors (Lipinski definition) is 4. The van der Waals surface area contributed by atoms with Crippen molar-refractivity contribution in [2.45, 2.75) is 0 Å². The van der Waals surface area contributed by atoms with Crippen LogP contribution in [0.1, 0.15) is 0 Å². The largest absolute Gasteiger partial charge is 0.505 e. The number of anilines is 2. The number of nitrogens with one attached hydrogen (secondary N) is 1. The van der Waals surface area contributed by atoms with Gasteiger partial charge in [0.05, 0.1) is 5.56 Å². The smallest absolute Gasteiger partial charge is 0.262 e. The van der Waals surface area contributed by atoms with Crippen molar-refractivity contribution in [3.05, 3.63) is 70.6 Å². The topological polar surface area (TPSA) is 67.2 Å². The molecule has 3 aromatic rings. The van der Waals surface area contributed by atoms with Gasteiger partial charge in [-0.1, -0.05) is 18.2 Å². The van der Waals surface area contributed by atoms with Crippen LogP contribution in [-0.2, 0) is 7.05 Å². The number of phenolic OH excluding ortho intramolecular Hbond substituents is 1. The summed E-state index contributed by atoms with van der Waals surface area (Å²) in [5, 5.41) is 12.2. The molecule has 0 aliphatic heterocycles. The summed E-state index contributed by atoms with van der Waals surface area (Å²) in [5.74, 6) is -2.48. The second-order valence-electron chi connectivity index (χ2n) is 5.13. The van der Waals surface area contributed by atoms with Gasteiger partial charge < -0.3 is 10.4 Å². The van der Waals surface area contributed by atoms with Crippen LogP contribution in [0, 0.1) is 11.6 Å². The lowest BCUT2D eigenvalue weighted by Crippen LogP contribution is -2.22. The lowest BCUT2D eigenvalue weighted by atomic mass is 10.1. The fraction of sp³-hybridized carbons (Fsp3) is 0.0588. The maximum Gasteiger partial charge on any atom is 0.262 e. The van der Waals surface area contributed by atoms with Gasteiger partial charge in [0, 0.05) is 30.6 Å². The monoisotopic (exact) mass is 329 g/mol. The van der Waals surface area contributed by atoms with E-state index in [2.05, 4.69) is 10.3 Å². The van der Waals surface area contributed by atoms with Gasteiger partial charge in [-0.15, -0.1) is 0 Å². The van der Waals surface area contributed by atoms with E-state index in [-0.39, 0.29) is 17.1 Å². The molecule has 122 valence electrons. The zero-order valence-electron chi connectivity index (χ0n) is 12.6. The van der Waals surface area contributed by atoms with Gasteiger partial charge in [-0.05, 0) is 18.2 Å². The number of halogens is 2. The Balaban J connectivity index is 2.05. The number of benzene rings is 2. The molecule has 0 saturated heterocycles. The standard InChI is InChI=1S/C17H13F2N3O2/c1-22-16(24)12(11-7-14(19)15(23)8-13(11)18)9-20-17(22)21-10-5-3-2-4-6-10/h2-9,23H,1H3,(H,20,21). The Labute approximate surface area is 135 Å². The molecular weight excluding hydrogens is 316 g/mol. The van der Waals surface area contributed by atoms with Crippen LogP contribution < -0.4 is 10.9 Å². The summed E-state index contributed by atoms with van der Waals surface area (Å²) in [6, 6.07) is 10.5. The van der Waals surface area contributed by atoms with E-state index in [4.69, 9.17) is 0 Å². The predicted octanol–water partition coefficient (Wildman–Crippen LogP) is 3.17. The molecule has 1 aromatic heterocycles. The van der Waals surface area contributed by atoms with Crippen LogP contribution in [0.15, 0.2) is 53.5 Å². The number of nitrogens with zero attached hydrogens (tertiary/aromatic N) is 2. The normalized spacial score (nSPS) is 10.6. The van der Waals surface area contributed by atoms with Gasteiger partial charge in [-0.2, -0.15) is 0 Å². The first-order valence-electron chi connectivity index (χ1n) is 7.04. The third-order valence-electron chi connectivity index (χ3n) is 3.53. The number of hydrogen-bond donors (Lipinski definition) is 2. The zero-order valence-corrected chi connectivity index (χ0v) is 12.6. The molecule has 0 radical (unpaired) electrons. The van der Waals surface area contributed by atoms with Crippen molar-refractivity contribution in [1.82, 2.24) is 9.55 Å². The number of aromatic nitrogens is 2. The Morgan fingerprint density at radius 2 is 1.79 bits per heavy atom. The minimum Gasteiger partial charge on any atom is -0.505 e. The molecule has 0 spiro atoms. The highest BCUT2D eigenvalue weighted by Gasteiger charge is 2.16. The highest BCUT2D eigenvalue weighted by molar-refractivity contribution is 5.65. The van der Waals surface area contributed by atoms with Crippen molar-refractivity contribution in [2.75, 3.05) is 5.32 Å². The third-order valence-corrected chi connectivity index (χ3v) is 3.53. The van der Waals surface area contributed by atoms with E-state index in [9.17, 15) is 18.7 Å². The Hall–Kier alpha value is -3.22. The van der Waals surface area contributed by atoms with E-state index in [0.29, 0.717) is 6.07 Å². The first-order chi connectivity index (χ1) is 11.5. The van der Waals surface area contributed by atoms with Crippen LogP contribution in [0.25, 0.3) is 11.1 Å². The third kappa shape index (κ3) is 2.83. The molecule has 0 bridgehead atoms. The highest BCUT2D eigenvalue weighted by Crippen LogP contribution is 2.26. The molecular formula is C17H13F2N3O2. The van der Waals surface area contributed by atoms with E-state index in [0.717, 1.165) is 11.8 Å². The summed E-state index contributed by atoms with van der Waals surface area (Å²) in [7, 11) is 1.47. The summed E-state index contributed by atoms with van der Waals surface area (Å²) < 4.78 is 28.6. The molecule has 24 heavy (non-hydrogen) atoms. The van der Waals surface area contributed by atoms with E-state index < -0.39 is 22.9 Å². The Bertz CT molecular complexity index is 956. The van der Waals surface area contributed by atoms with Gasteiger partial charge >= 0.3 is 0 Å². The average molecular weight is 329 g/mol. The van der Waals surface area contributed by atoms with Gasteiger partial charge in [0.1, 0.15) is 5.82 Å². The molecule has 0 unspecified atom stereocenters. The molecule has 0 amide bonds. The number of rotatable bonds is 3. The quantitative estimate of drug-likeness (QED) is 0.774. The molecule has 0 atom stereocenters. The maximum absolute atomic E-state index is 14.0. The Morgan fingerprint density at radius 1 is 1.08 bits per heavy atom. The average Bonchev–Trinajstić information content (AvgIpc) is 2.57. The highest BCUT2D eigenvalue weighted by atomic mass is 19.1. The fourth-order valence-electron chi connectivity index (χ4n) is 2.24. The molecule has 2 N–H and O–H groups in total. The fourth-order valence-corrected chi connectivity index (χ4v) is 2.24. The van der Waals surface area contributed by atoms with E-state index >= 15 is 0 Å². The van der Waals surface area contributed by atoms with Gasteiger partial charge in [0.25, 0.3) is 5.56 Å². The van der Waals surface area contributed by atoms with Crippen molar-refractivity contribution in [1.29, 1.82) is 0 Å². The molecule has 3 rings (SSSR count). The summed E-state index contributed by atoms with van der Waals surface area (Å²) in [4.78, 5) is 16.6. The molecule has 1 heterocycles. The second kappa shape index (κ2) is 6.11. The summed E-state index contributed by atoms with van der Waals surface area (Å²) in [5.41, 5.74) is -0.181. The van der Waals surface area contributed by atoms with Gasteiger partial charge in [0.15, 0.2) is 11.6 Å². The lowest BCUT2D eigenvalue weighted by molar-refractivity contribution is 0.427. The van der Waals surface area contributed by atoms with Crippen molar-refractivity contribution in [2.24, 2.45) is 7.05 Å². The Kier molecular flexibility index (Phi) is 3.99. The zero-order chi connectivity index (χ0) is 17.3. The van der Waals surface area contributed by atoms with Crippen LogP contribution in [0.2, 0.25) is 0 Å².